The van der Waals surface area contributed by atoms with Gasteiger partial charge in [0.05, 0.1) is 4.90 Å². The van der Waals surface area contributed by atoms with Gasteiger partial charge in [-0.05, 0) is 24.3 Å². The SMILES string of the molecule is O=Cc1sc(=NS(=O)(=O)c2ccccc2)n(-c2ccccc2)c1Cl. The van der Waals surface area contributed by atoms with E-state index >= 15 is 0 Å². The topological polar surface area (TPSA) is 68.5 Å². The van der Waals surface area contributed by atoms with Crippen LogP contribution in [-0.4, -0.2) is 19.3 Å². The highest BCUT2D eigenvalue weighted by molar-refractivity contribution is 7.90. The van der Waals surface area contributed by atoms with Crippen LogP contribution in [0.5, 0.6) is 0 Å². The fraction of sp³-hybridized carbons (Fsp3) is 0. The predicted octanol–water partition coefficient (Wildman–Crippen LogP) is 3.29. The first kappa shape index (κ1) is 16.6. The van der Waals surface area contributed by atoms with Crippen LogP contribution < -0.4 is 4.80 Å². The maximum Gasteiger partial charge on any atom is 0.285 e. The van der Waals surface area contributed by atoms with E-state index < -0.39 is 10.0 Å². The molecule has 0 fully saturated rings. The fourth-order valence-electron chi connectivity index (χ4n) is 2.06. The molecule has 0 radical (unpaired) electrons. The van der Waals surface area contributed by atoms with Crippen LogP contribution in [0, 0.1) is 0 Å². The molecule has 0 atom stereocenters. The molecule has 0 spiro atoms. The monoisotopic (exact) mass is 378 g/mol. The van der Waals surface area contributed by atoms with Crippen molar-refractivity contribution in [1.29, 1.82) is 0 Å². The van der Waals surface area contributed by atoms with Gasteiger partial charge in [-0.2, -0.15) is 8.42 Å². The number of hydrogen-bond acceptors (Lipinski definition) is 4. The Balaban J connectivity index is 2.27. The zero-order valence-electron chi connectivity index (χ0n) is 12.2. The summed E-state index contributed by atoms with van der Waals surface area (Å²) in [5.74, 6) is 0. The second-order valence-electron chi connectivity index (χ2n) is 4.71. The summed E-state index contributed by atoms with van der Waals surface area (Å²) in [7, 11) is -3.92. The van der Waals surface area contributed by atoms with E-state index in [1.807, 2.05) is 6.07 Å². The zero-order chi connectivity index (χ0) is 17.2. The number of nitrogens with zero attached hydrogens (tertiary/aromatic N) is 2. The number of carbonyl (C=O) groups excluding carboxylic acids is 1. The zero-order valence-corrected chi connectivity index (χ0v) is 14.6. The molecule has 0 bridgehead atoms. The Morgan fingerprint density at radius 2 is 1.58 bits per heavy atom. The van der Waals surface area contributed by atoms with Crippen LogP contribution in [0.25, 0.3) is 5.69 Å². The number of benzene rings is 2. The quantitative estimate of drug-likeness (QED) is 0.654. The number of rotatable bonds is 4. The molecule has 0 aliphatic rings. The van der Waals surface area contributed by atoms with Gasteiger partial charge >= 0.3 is 0 Å². The Morgan fingerprint density at radius 1 is 1.00 bits per heavy atom. The molecule has 3 aromatic rings. The van der Waals surface area contributed by atoms with Crippen molar-refractivity contribution >= 4 is 39.2 Å². The van der Waals surface area contributed by atoms with E-state index in [1.54, 1.807) is 42.5 Å². The average molecular weight is 379 g/mol. The Labute approximate surface area is 147 Å². The molecule has 3 rings (SSSR count). The van der Waals surface area contributed by atoms with E-state index in [1.165, 1.54) is 16.7 Å². The molecule has 122 valence electrons. The number of hydrogen-bond donors (Lipinski definition) is 0. The number of thiazole rings is 1. The van der Waals surface area contributed by atoms with Crippen LogP contribution in [0.4, 0.5) is 0 Å². The molecule has 5 nitrogen and oxygen atoms in total. The summed E-state index contributed by atoms with van der Waals surface area (Å²) in [6.45, 7) is 0. The second kappa shape index (κ2) is 6.72. The Bertz CT molecular complexity index is 1040. The predicted molar refractivity (Wildman–Crippen MR) is 93.2 cm³/mol. The van der Waals surface area contributed by atoms with Gasteiger partial charge in [0.15, 0.2) is 6.29 Å². The lowest BCUT2D eigenvalue weighted by Gasteiger charge is -2.04. The number of carbonyl (C=O) groups is 1. The van der Waals surface area contributed by atoms with Gasteiger partial charge in [0, 0.05) is 5.69 Å². The summed E-state index contributed by atoms with van der Waals surface area (Å²) >= 11 is 7.15. The van der Waals surface area contributed by atoms with Gasteiger partial charge in [-0.25, -0.2) is 0 Å². The second-order valence-corrected chi connectivity index (χ2v) is 7.68. The van der Waals surface area contributed by atoms with Crippen LogP contribution in [0.3, 0.4) is 0 Å². The van der Waals surface area contributed by atoms with Crippen molar-refractivity contribution in [2.24, 2.45) is 4.40 Å². The molecule has 0 N–H and O–H groups in total. The molecule has 0 amide bonds. The normalized spacial score (nSPS) is 12.3. The van der Waals surface area contributed by atoms with Crippen molar-refractivity contribution in [3.05, 3.63) is 75.5 Å². The van der Waals surface area contributed by atoms with Gasteiger partial charge in [-0.15, -0.1) is 4.40 Å². The van der Waals surface area contributed by atoms with E-state index in [2.05, 4.69) is 4.40 Å². The van der Waals surface area contributed by atoms with Crippen molar-refractivity contribution in [3.8, 4) is 5.69 Å². The number of aldehydes is 1. The maximum atomic E-state index is 12.5. The van der Waals surface area contributed by atoms with Gasteiger partial charge in [0.1, 0.15) is 10.0 Å². The van der Waals surface area contributed by atoms with E-state index in [0.717, 1.165) is 11.3 Å². The van der Waals surface area contributed by atoms with Gasteiger partial charge in [0.25, 0.3) is 10.0 Å². The number of para-hydroxylation sites is 1. The van der Waals surface area contributed by atoms with Gasteiger partial charge < -0.3 is 0 Å². The molecule has 0 saturated heterocycles. The highest BCUT2D eigenvalue weighted by Gasteiger charge is 2.17. The molecule has 24 heavy (non-hydrogen) atoms. The minimum atomic E-state index is -3.92. The summed E-state index contributed by atoms with van der Waals surface area (Å²) in [6.07, 6.45) is 0.584. The highest BCUT2D eigenvalue weighted by atomic mass is 35.5. The molecule has 0 unspecified atom stereocenters. The Kier molecular flexibility index (Phi) is 4.66. The van der Waals surface area contributed by atoms with Crippen molar-refractivity contribution in [2.45, 2.75) is 4.90 Å². The number of aromatic nitrogens is 1. The lowest BCUT2D eigenvalue weighted by Crippen LogP contribution is -2.15. The smallest absolute Gasteiger partial charge is 0.285 e. The lowest BCUT2D eigenvalue weighted by molar-refractivity contribution is 0.112. The third-order valence-corrected chi connectivity index (χ3v) is 6.00. The number of sulfonamides is 1. The third-order valence-electron chi connectivity index (χ3n) is 3.15. The molecule has 0 aliphatic heterocycles. The molecule has 1 heterocycles. The minimum Gasteiger partial charge on any atom is -0.297 e. The molecule has 1 aromatic heterocycles. The first-order chi connectivity index (χ1) is 11.5. The van der Waals surface area contributed by atoms with Crippen LogP contribution in [-0.2, 0) is 10.0 Å². The lowest BCUT2D eigenvalue weighted by atomic mass is 10.3. The van der Waals surface area contributed by atoms with Gasteiger partial charge in [0.2, 0.25) is 4.80 Å². The van der Waals surface area contributed by atoms with Crippen LogP contribution in [0.1, 0.15) is 9.67 Å². The van der Waals surface area contributed by atoms with Crippen LogP contribution in [0.15, 0.2) is 70.0 Å². The van der Waals surface area contributed by atoms with Crippen molar-refractivity contribution in [3.63, 3.8) is 0 Å². The standard InChI is InChI=1S/C16H11ClN2O3S2/c17-15-14(11-20)23-16(19(15)12-7-3-1-4-8-12)18-24(21,22)13-9-5-2-6-10-13/h1-11H. The maximum absolute atomic E-state index is 12.5. The van der Waals surface area contributed by atoms with Gasteiger partial charge in [-0.3, -0.25) is 9.36 Å². The van der Waals surface area contributed by atoms with Crippen molar-refractivity contribution in [1.82, 2.24) is 4.57 Å². The third kappa shape index (κ3) is 3.19. The van der Waals surface area contributed by atoms with E-state index in [-0.39, 0.29) is 19.7 Å². The molecule has 8 heteroatoms. The summed E-state index contributed by atoms with van der Waals surface area (Å²) < 4.78 is 30.3. The van der Waals surface area contributed by atoms with Crippen molar-refractivity contribution in [2.75, 3.05) is 0 Å². The summed E-state index contributed by atoms with van der Waals surface area (Å²) in [6, 6.07) is 16.8. The van der Waals surface area contributed by atoms with Crippen LogP contribution >= 0.6 is 22.9 Å². The highest BCUT2D eigenvalue weighted by Crippen LogP contribution is 2.22. The molecular formula is C16H11ClN2O3S2. The minimum absolute atomic E-state index is 0.0711. The summed E-state index contributed by atoms with van der Waals surface area (Å²) in [5.41, 5.74) is 0.619. The number of halogens is 1. The first-order valence-corrected chi connectivity index (χ1v) is 9.44. The average Bonchev–Trinajstić information content (AvgIpc) is 2.91. The van der Waals surface area contributed by atoms with Crippen molar-refractivity contribution < 1.29 is 13.2 Å². The summed E-state index contributed by atoms with van der Waals surface area (Å²) in [5, 5.41) is 0.128. The Hall–Kier alpha value is -2.22. The fourth-order valence-corrected chi connectivity index (χ4v) is 4.49. The Morgan fingerprint density at radius 3 is 2.17 bits per heavy atom. The first-order valence-electron chi connectivity index (χ1n) is 6.81. The van der Waals surface area contributed by atoms with Gasteiger partial charge in [-0.1, -0.05) is 59.3 Å². The van der Waals surface area contributed by atoms with E-state index in [9.17, 15) is 13.2 Å². The largest absolute Gasteiger partial charge is 0.297 e. The van der Waals surface area contributed by atoms with E-state index in [0.29, 0.717) is 12.0 Å². The van der Waals surface area contributed by atoms with Crippen LogP contribution in [0.2, 0.25) is 5.15 Å². The molecule has 0 saturated carbocycles. The van der Waals surface area contributed by atoms with E-state index in [4.69, 9.17) is 11.6 Å². The molecular weight excluding hydrogens is 368 g/mol. The summed E-state index contributed by atoms with van der Waals surface area (Å²) in [4.78, 5) is 11.6. The molecule has 0 aliphatic carbocycles. The molecule has 2 aromatic carbocycles.